The Kier molecular flexibility index (Phi) is 2.92. The molecule has 21 heavy (non-hydrogen) atoms. The average molecular weight is 301 g/mol. The molecule has 0 bridgehead atoms. The summed E-state index contributed by atoms with van der Waals surface area (Å²) in [6, 6.07) is 8.24. The Bertz CT molecular complexity index is 665. The lowest BCUT2D eigenvalue weighted by molar-refractivity contribution is -0.143. The maximum Gasteiger partial charge on any atom is 0.230 e. The molecule has 2 aliphatic rings. The number of carbonyl (C=O) groups is 1. The highest BCUT2D eigenvalue weighted by Crippen LogP contribution is 2.42. The van der Waals surface area contributed by atoms with Crippen LogP contribution in [0.3, 0.4) is 0 Å². The Morgan fingerprint density at radius 3 is 2.95 bits per heavy atom. The number of rotatable bonds is 1. The van der Waals surface area contributed by atoms with Crippen molar-refractivity contribution in [3.63, 3.8) is 0 Å². The molecule has 0 N–H and O–H groups in total. The van der Waals surface area contributed by atoms with Crippen LogP contribution in [0.4, 0.5) is 5.13 Å². The summed E-state index contributed by atoms with van der Waals surface area (Å²) < 4.78 is 1.22. The number of nitrogens with zero attached hydrogens (tertiary/aromatic N) is 3. The van der Waals surface area contributed by atoms with E-state index in [1.165, 1.54) is 4.70 Å². The Morgan fingerprint density at radius 1 is 1.24 bits per heavy atom. The number of para-hydroxylation sites is 1. The molecule has 0 aliphatic carbocycles. The highest BCUT2D eigenvalue weighted by atomic mass is 32.1. The van der Waals surface area contributed by atoms with Gasteiger partial charge in [-0.3, -0.25) is 4.79 Å². The number of anilines is 1. The second-order valence-corrected chi connectivity index (χ2v) is 7.26. The molecule has 0 saturated carbocycles. The van der Waals surface area contributed by atoms with Crippen molar-refractivity contribution >= 4 is 32.6 Å². The second kappa shape index (κ2) is 4.70. The summed E-state index contributed by atoms with van der Waals surface area (Å²) in [5.41, 5.74) is 0.899. The third kappa shape index (κ3) is 2.02. The number of hydrogen-bond donors (Lipinski definition) is 0. The van der Waals surface area contributed by atoms with Crippen LogP contribution >= 0.6 is 11.3 Å². The molecular weight excluding hydrogens is 282 g/mol. The fraction of sp³-hybridized carbons (Fsp3) is 0.500. The van der Waals surface area contributed by atoms with Gasteiger partial charge in [-0.05, 0) is 31.4 Å². The summed E-state index contributed by atoms with van der Waals surface area (Å²) in [6.07, 6.45) is 3.11. The van der Waals surface area contributed by atoms with Crippen LogP contribution in [0.2, 0.25) is 0 Å². The second-order valence-electron chi connectivity index (χ2n) is 6.25. The molecule has 2 fully saturated rings. The maximum atomic E-state index is 12.6. The third-order valence-electron chi connectivity index (χ3n) is 4.86. The van der Waals surface area contributed by atoms with Crippen LogP contribution in [-0.4, -0.2) is 42.5 Å². The van der Waals surface area contributed by atoms with Crippen LogP contribution in [0.25, 0.3) is 10.2 Å². The number of hydrogen-bond acceptors (Lipinski definition) is 4. The first-order valence-corrected chi connectivity index (χ1v) is 8.36. The summed E-state index contributed by atoms with van der Waals surface area (Å²) in [5, 5.41) is 1.06. The van der Waals surface area contributed by atoms with E-state index in [9.17, 15) is 4.79 Å². The highest BCUT2D eigenvalue weighted by molar-refractivity contribution is 7.22. The number of piperidine rings is 1. The molecule has 1 amide bonds. The standard InChI is InChI=1S/C16H19N3OS/c1-18-9-4-7-16(14(18)20)8-10-19(11-16)15-17-12-5-2-3-6-13(12)21-15/h2-3,5-6H,4,7-11H2,1H3/t16-/m0/s1. The molecule has 1 aromatic heterocycles. The zero-order valence-electron chi connectivity index (χ0n) is 12.2. The topological polar surface area (TPSA) is 36.4 Å². The smallest absolute Gasteiger partial charge is 0.230 e. The summed E-state index contributed by atoms with van der Waals surface area (Å²) in [7, 11) is 1.93. The number of carbonyl (C=O) groups excluding carboxylic acids is 1. The number of benzene rings is 1. The zero-order valence-corrected chi connectivity index (χ0v) is 13.0. The van der Waals surface area contributed by atoms with Crippen LogP contribution in [0.5, 0.6) is 0 Å². The maximum absolute atomic E-state index is 12.6. The van der Waals surface area contributed by atoms with Gasteiger partial charge >= 0.3 is 0 Å². The van der Waals surface area contributed by atoms with Crippen molar-refractivity contribution < 1.29 is 4.79 Å². The van der Waals surface area contributed by atoms with Crippen molar-refractivity contribution in [1.82, 2.24) is 9.88 Å². The number of likely N-dealkylation sites (tertiary alicyclic amines) is 1. The van der Waals surface area contributed by atoms with Gasteiger partial charge in [0.15, 0.2) is 5.13 Å². The normalized spacial score (nSPS) is 26.2. The van der Waals surface area contributed by atoms with Gasteiger partial charge in [-0.25, -0.2) is 4.98 Å². The van der Waals surface area contributed by atoms with Crippen molar-refractivity contribution in [2.24, 2.45) is 5.41 Å². The third-order valence-corrected chi connectivity index (χ3v) is 5.95. The summed E-state index contributed by atoms with van der Waals surface area (Å²) in [5.74, 6) is 0.331. The predicted molar refractivity (Wildman–Crippen MR) is 85.8 cm³/mol. The quantitative estimate of drug-likeness (QED) is 0.812. The molecule has 2 aliphatic heterocycles. The molecular formula is C16H19N3OS. The highest BCUT2D eigenvalue weighted by Gasteiger charge is 2.48. The lowest BCUT2D eigenvalue weighted by Gasteiger charge is -2.37. The van der Waals surface area contributed by atoms with E-state index in [2.05, 4.69) is 23.1 Å². The molecule has 0 unspecified atom stereocenters. The van der Waals surface area contributed by atoms with E-state index in [0.29, 0.717) is 5.91 Å². The van der Waals surface area contributed by atoms with Crippen LogP contribution in [-0.2, 0) is 4.79 Å². The molecule has 1 atom stereocenters. The summed E-state index contributed by atoms with van der Waals surface area (Å²) >= 11 is 1.73. The van der Waals surface area contributed by atoms with Crippen LogP contribution in [0.15, 0.2) is 24.3 Å². The monoisotopic (exact) mass is 301 g/mol. The van der Waals surface area contributed by atoms with E-state index in [0.717, 1.165) is 49.5 Å². The van der Waals surface area contributed by atoms with Crippen molar-refractivity contribution in [3.8, 4) is 0 Å². The molecule has 110 valence electrons. The van der Waals surface area contributed by atoms with Crippen LogP contribution in [0, 0.1) is 5.41 Å². The van der Waals surface area contributed by atoms with Crippen molar-refractivity contribution in [2.45, 2.75) is 19.3 Å². The first-order valence-electron chi connectivity index (χ1n) is 7.54. The van der Waals surface area contributed by atoms with E-state index in [4.69, 9.17) is 4.98 Å². The molecule has 4 nitrogen and oxygen atoms in total. The van der Waals surface area contributed by atoms with E-state index in [-0.39, 0.29) is 5.41 Å². The largest absolute Gasteiger partial charge is 0.347 e. The predicted octanol–water partition coefficient (Wildman–Crippen LogP) is 2.75. The molecule has 5 heteroatoms. The summed E-state index contributed by atoms with van der Waals surface area (Å²) in [4.78, 5) is 21.5. The van der Waals surface area contributed by atoms with E-state index in [1.54, 1.807) is 11.3 Å². The van der Waals surface area contributed by atoms with Gasteiger partial charge in [-0.15, -0.1) is 0 Å². The van der Waals surface area contributed by atoms with E-state index >= 15 is 0 Å². The van der Waals surface area contributed by atoms with Crippen LogP contribution < -0.4 is 4.90 Å². The number of thiazole rings is 1. The molecule has 0 radical (unpaired) electrons. The van der Waals surface area contributed by atoms with Crippen molar-refractivity contribution in [3.05, 3.63) is 24.3 Å². The van der Waals surface area contributed by atoms with Gasteiger partial charge in [0.05, 0.1) is 15.6 Å². The van der Waals surface area contributed by atoms with E-state index in [1.807, 2.05) is 18.0 Å². The molecule has 3 heterocycles. The number of amides is 1. The Balaban J connectivity index is 1.62. The number of fused-ring (bicyclic) bond motifs is 1. The first-order chi connectivity index (χ1) is 10.2. The average Bonchev–Trinajstić information content (AvgIpc) is 3.09. The molecule has 2 saturated heterocycles. The summed E-state index contributed by atoms with van der Waals surface area (Å²) in [6.45, 7) is 2.68. The SMILES string of the molecule is CN1CCC[C@@]2(CCN(c3nc4ccccc4s3)C2)C1=O. The van der Waals surface area contributed by atoms with Gasteiger partial charge in [0, 0.05) is 26.7 Å². The van der Waals surface area contributed by atoms with Gasteiger partial charge in [-0.2, -0.15) is 0 Å². The van der Waals surface area contributed by atoms with Crippen molar-refractivity contribution in [2.75, 3.05) is 31.6 Å². The van der Waals surface area contributed by atoms with Gasteiger partial charge in [0.25, 0.3) is 0 Å². The van der Waals surface area contributed by atoms with Gasteiger partial charge in [0.2, 0.25) is 5.91 Å². The minimum atomic E-state index is -0.162. The van der Waals surface area contributed by atoms with Gasteiger partial charge < -0.3 is 9.80 Å². The molecule has 4 rings (SSSR count). The zero-order chi connectivity index (χ0) is 14.4. The minimum absolute atomic E-state index is 0.162. The first kappa shape index (κ1) is 13.1. The fourth-order valence-corrected chi connectivity index (χ4v) is 4.67. The van der Waals surface area contributed by atoms with Crippen molar-refractivity contribution in [1.29, 1.82) is 0 Å². The Morgan fingerprint density at radius 2 is 2.10 bits per heavy atom. The van der Waals surface area contributed by atoms with Crippen LogP contribution in [0.1, 0.15) is 19.3 Å². The lowest BCUT2D eigenvalue weighted by atomic mass is 9.78. The minimum Gasteiger partial charge on any atom is -0.347 e. The molecule has 2 aromatic rings. The lowest BCUT2D eigenvalue weighted by Crippen LogP contribution is -2.48. The van der Waals surface area contributed by atoms with Gasteiger partial charge in [-0.1, -0.05) is 23.5 Å². The Hall–Kier alpha value is -1.62. The van der Waals surface area contributed by atoms with E-state index < -0.39 is 0 Å². The van der Waals surface area contributed by atoms with Gasteiger partial charge in [0.1, 0.15) is 0 Å². The fourth-order valence-electron chi connectivity index (χ4n) is 3.68. The number of aromatic nitrogens is 1. The Labute approximate surface area is 128 Å². The molecule has 1 aromatic carbocycles. The molecule has 1 spiro atoms.